The van der Waals surface area contributed by atoms with Crippen LogP contribution in [0.25, 0.3) is 11.7 Å². The number of carbonyl (C=O) groups excluding carboxylic acids is 1. The van der Waals surface area contributed by atoms with Crippen LogP contribution >= 0.6 is 0 Å². The fraction of sp³-hybridized carbons (Fsp3) is 0.471. The maximum Gasteiger partial charge on any atom is 0.219 e. The Balaban J connectivity index is 0.00000189. The van der Waals surface area contributed by atoms with Crippen molar-refractivity contribution in [2.45, 2.75) is 84.1 Å². The lowest BCUT2D eigenvalue weighted by Crippen LogP contribution is -2.44. The van der Waals surface area contributed by atoms with Crippen molar-refractivity contribution in [1.29, 1.82) is 0 Å². The molecule has 2 aliphatic rings. The van der Waals surface area contributed by atoms with Crippen molar-refractivity contribution in [1.82, 2.24) is 19.5 Å². The van der Waals surface area contributed by atoms with E-state index in [0.717, 1.165) is 68.6 Å². The highest BCUT2D eigenvalue weighted by Gasteiger charge is 2.34. The molecule has 7 heteroatoms. The summed E-state index contributed by atoms with van der Waals surface area (Å²) >= 11 is 0. The zero-order chi connectivity index (χ0) is 29.2. The minimum atomic E-state index is -0.0395. The van der Waals surface area contributed by atoms with E-state index in [4.69, 9.17) is 10.1 Å². The molecule has 1 amide bonds. The van der Waals surface area contributed by atoms with E-state index in [1.807, 2.05) is 56.0 Å². The number of hydrogen-bond donors (Lipinski definition) is 1. The molecule has 2 aliphatic heterocycles. The standard InChI is InChI=1S/C32H40N6O.C2H6/c1-4-11-27-20-25(17-19-37(27)23(2)39)30-28-16-10-18-34-31(28)38-32(36-30)29(22-35-38)26(21-33-3)15-9-8-14-24-12-6-5-7-13-24;1-2/h5-9,12-15,21-22,25-27,34H,4,10-11,16-20H2,1-3H3;1-2H3/b14-8+,15-9?,33-21?;. The normalized spacial score (nSPS) is 19.8. The van der Waals surface area contributed by atoms with E-state index < -0.39 is 0 Å². The highest BCUT2D eigenvalue weighted by molar-refractivity contribution is 5.76. The zero-order valence-corrected chi connectivity index (χ0v) is 25.4. The van der Waals surface area contributed by atoms with Crippen LogP contribution in [0.15, 0.2) is 59.7 Å². The van der Waals surface area contributed by atoms with Gasteiger partial charge >= 0.3 is 0 Å². The number of allylic oxidation sites excluding steroid dienone is 3. The van der Waals surface area contributed by atoms with Gasteiger partial charge in [0.15, 0.2) is 5.65 Å². The second kappa shape index (κ2) is 14.8. The van der Waals surface area contributed by atoms with Crippen LogP contribution in [-0.4, -0.2) is 57.8 Å². The first-order valence-electron chi connectivity index (χ1n) is 15.3. The Morgan fingerprint density at radius 2 is 2.02 bits per heavy atom. The Bertz CT molecular complexity index is 1370. The summed E-state index contributed by atoms with van der Waals surface area (Å²) in [6.45, 7) is 9.64. The molecule has 3 aromatic rings. The largest absolute Gasteiger partial charge is 0.370 e. The third-order valence-electron chi connectivity index (χ3n) is 8.02. The van der Waals surface area contributed by atoms with Crippen molar-refractivity contribution in [2.24, 2.45) is 4.99 Å². The first-order chi connectivity index (χ1) is 20.1. The Kier molecular flexibility index (Phi) is 10.9. The van der Waals surface area contributed by atoms with Gasteiger partial charge in [-0.1, -0.05) is 81.8 Å². The molecule has 5 rings (SSSR count). The summed E-state index contributed by atoms with van der Waals surface area (Å²) < 4.78 is 1.99. The first kappa shape index (κ1) is 30.2. The van der Waals surface area contributed by atoms with E-state index in [0.29, 0.717) is 5.92 Å². The van der Waals surface area contributed by atoms with Crippen LogP contribution < -0.4 is 5.32 Å². The maximum atomic E-state index is 12.3. The van der Waals surface area contributed by atoms with Crippen LogP contribution in [0.2, 0.25) is 0 Å². The van der Waals surface area contributed by atoms with Crippen LogP contribution in [0, 0.1) is 0 Å². The number of benzene rings is 1. The third-order valence-corrected chi connectivity index (χ3v) is 8.02. The summed E-state index contributed by atoms with van der Waals surface area (Å²) in [6, 6.07) is 10.6. The van der Waals surface area contributed by atoms with Crippen molar-refractivity contribution < 1.29 is 4.79 Å². The van der Waals surface area contributed by atoms with Gasteiger partial charge in [-0.05, 0) is 37.7 Å². The number of hydrogen-bond acceptors (Lipinski definition) is 5. The Hall–Kier alpha value is -3.74. The molecule has 0 aliphatic carbocycles. The zero-order valence-electron chi connectivity index (χ0n) is 25.4. The monoisotopic (exact) mass is 554 g/mol. The Morgan fingerprint density at radius 1 is 1.22 bits per heavy atom. The molecule has 1 N–H and O–H groups in total. The molecule has 4 heterocycles. The van der Waals surface area contributed by atoms with Crippen LogP contribution in [0.1, 0.15) is 94.0 Å². The van der Waals surface area contributed by atoms with E-state index in [9.17, 15) is 4.79 Å². The quantitative estimate of drug-likeness (QED) is 0.239. The summed E-state index contributed by atoms with van der Waals surface area (Å²) in [4.78, 5) is 24.1. The molecule has 3 atom stereocenters. The van der Waals surface area contributed by atoms with Gasteiger partial charge in [0.1, 0.15) is 5.82 Å². The average molecular weight is 555 g/mol. The van der Waals surface area contributed by atoms with Gasteiger partial charge in [0.25, 0.3) is 0 Å². The Morgan fingerprint density at radius 3 is 2.76 bits per heavy atom. The highest BCUT2D eigenvalue weighted by Crippen LogP contribution is 2.39. The highest BCUT2D eigenvalue weighted by atomic mass is 16.2. The smallest absolute Gasteiger partial charge is 0.219 e. The van der Waals surface area contributed by atoms with Crippen LogP contribution in [0.3, 0.4) is 0 Å². The number of nitrogens with one attached hydrogen (secondary N) is 1. The molecular formula is C34H46N6O. The summed E-state index contributed by atoms with van der Waals surface area (Å²) in [5.41, 5.74) is 5.59. The molecule has 0 bridgehead atoms. The van der Waals surface area contributed by atoms with Crippen molar-refractivity contribution in [3.8, 4) is 0 Å². The van der Waals surface area contributed by atoms with Gasteiger partial charge < -0.3 is 10.2 Å². The average Bonchev–Trinajstić information content (AvgIpc) is 3.44. The number of likely N-dealkylation sites (tertiary alicyclic amines) is 1. The lowest BCUT2D eigenvalue weighted by atomic mass is 9.83. The van der Waals surface area contributed by atoms with Gasteiger partial charge in [-0.3, -0.25) is 9.79 Å². The predicted octanol–water partition coefficient (Wildman–Crippen LogP) is 7.06. The topological polar surface area (TPSA) is 74.9 Å². The minimum Gasteiger partial charge on any atom is -0.370 e. The molecule has 1 fully saturated rings. The molecule has 218 valence electrons. The van der Waals surface area contributed by atoms with Crippen molar-refractivity contribution in [2.75, 3.05) is 25.5 Å². The summed E-state index contributed by atoms with van der Waals surface area (Å²) in [6.07, 6.45) is 18.4. The number of aliphatic imine (C=N–C) groups is 1. The molecule has 41 heavy (non-hydrogen) atoms. The van der Waals surface area contributed by atoms with Crippen LogP contribution in [0.4, 0.5) is 5.82 Å². The maximum absolute atomic E-state index is 12.3. The second-order valence-corrected chi connectivity index (χ2v) is 10.7. The summed E-state index contributed by atoms with van der Waals surface area (Å²) in [7, 11) is 1.81. The fourth-order valence-corrected chi connectivity index (χ4v) is 6.16. The van der Waals surface area contributed by atoms with Gasteiger partial charge in [0.05, 0.1) is 11.9 Å². The van der Waals surface area contributed by atoms with Crippen molar-refractivity contribution >= 4 is 29.7 Å². The van der Waals surface area contributed by atoms with Crippen LogP contribution in [-0.2, 0) is 11.2 Å². The molecule has 7 nitrogen and oxygen atoms in total. The number of fused-ring (bicyclic) bond motifs is 3. The lowest BCUT2D eigenvalue weighted by molar-refractivity contribution is -0.132. The predicted molar refractivity (Wildman–Crippen MR) is 171 cm³/mol. The lowest BCUT2D eigenvalue weighted by Gasteiger charge is -2.40. The number of rotatable bonds is 8. The van der Waals surface area contributed by atoms with E-state index in [-0.39, 0.29) is 17.9 Å². The number of carbonyl (C=O) groups is 1. The summed E-state index contributed by atoms with van der Waals surface area (Å²) in [5.74, 6) is 1.56. The number of amides is 1. The Labute approximate surface area is 245 Å². The molecule has 0 radical (unpaired) electrons. The van der Waals surface area contributed by atoms with E-state index in [2.05, 4.69) is 58.6 Å². The van der Waals surface area contributed by atoms with Gasteiger partial charge in [0.2, 0.25) is 5.91 Å². The van der Waals surface area contributed by atoms with Crippen LogP contribution in [0.5, 0.6) is 0 Å². The van der Waals surface area contributed by atoms with E-state index >= 15 is 0 Å². The van der Waals surface area contributed by atoms with Crippen molar-refractivity contribution in [3.05, 3.63) is 77.1 Å². The third kappa shape index (κ3) is 6.95. The van der Waals surface area contributed by atoms with Gasteiger partial charge in [-0.25, -0.2) is 4.98 Å². The first-order valence-corrected chi connectivity index (χ1v) is 15.3. The molecule has 2 aromatic heterocycles. The van der Waals surface area contributed by atoms with E-state index in [1.165, 1.54) is 16.8 Å². The van der Waals surface area contributed by atoms with Gasteiger partial charge in [-0.15, -0.1) is 0 Å². The second-order valence-electron chi connectivity index (χ2n) is 10.7. The van der Waals surface area contributed by atoms with Crippen molar-refractivity contribution in [3.63, 3.8) is 0 Å². The number of anilines is 1. The number of nitrogens with zero attached hydrogens (tertiary/aromatic N) is 5. The number of aromatic nitrogens is 3. The fourth-order valence-electron chi connectivity index (χ4n) is 6.16. The molecule has 1 aromatic carbocycles. The molecule has 0 spiro atoms. The molecule has 1 saturated heterocycles. The van der Waals surface area contributed by atoms with Gasteiger partial charge in [-0.2, -0.15) is 9.61 Å². The SMILES string of the molecule is CC.CCCC1CC(c2nc3c(C(C=C/C=C/c4ccccc4)C=NC)cnn3c3c2CCCN3)CCN1C(C)=O. The van der Waals surface area contributed by atoms with Gasteiger partial charge in [0, 0.05) is 62.3 Å². The summed E-state index contributed by atoms with van der Waals surface area (Å²) in [5, 5.41) is 8.44. The molecule has 3 unspecified atom stereocenters. The minimum absolute atomic E-state index is 0.0395. The molecule has 0 saturated carbocycles. The number of piperidine rings is 1. The molecular weight excluding hydrogens is 508 g/mol. The van der Waals surface area contributed by atoms with E-state index in [1.54, 1.807) is 6.92 Å².